The molecule has 0 unspecified atom stereocenters. The van der Waals surface area contributed by atoms with Crippen LogP contribution in [0.25, 0.3) is 0 Å². The number of amides is 1. The molecule has 0 bridgehead atoms. The molecule has 0 aliphatic carbocycles. The van der Waals surface area contributed by atoms with Gasteiger partial charge < -0.3 is 10.2 Å². The van der Waals surface area contributed by atoms with Gasteiger partial charge in [0.1, 0.15) is 12.2 Å². The van der Waals surface area contributed by atoms with E-state index in [0.717, 1.165) is 4.90 Å². The number of rotatable bonds is 1. The van der Waals surface area contributed by atoms with Gasteiger partial charge in [-0.2, -0.15) is 18.2 Å². The van der Waals surface area contributed by atoms with Crippen molar-refractivity contribution in [2.75, 3.05) is 23.3 Å². The van der Waals surface area contributed by atoms with Crippen LogP contribution in [-0.2, 0) is 4.79 Å². The Morgan fingerprint density at radius 2 is 2.24 bits per heavy atom. The van der Waals surface area contributed by atoms with Gasteiger partial charge in [0.2, 0.25) is 11.2 Å². The third kappa shape index (κ3) is 2.76. The number of nitrogens with zero attached hydrogens (tertiary/aromatic N) is 3. The molecule has 0 saturated heterocycles. The molecule has 1 aliphatic rings. The van der Waals surface area contributed by atoms with Crippen LogP contribution in [0.4, 0.5) is 24.7 Å². The highest BCUT2D eigenvalue weighted by atomic mass is 35.5. The molecule has 2 heterocycles. The molecule has 17 heavy (non-hydrogen) atoms. The molecule has 5 nitrogen and oxygen atoms in total. The van der Waals surface area contributed by atoms with Crippen LogP contribution in [0, 0.1) is 0 Å². The Kier molecular flexibility index (Phi) is 2.82. The van der Waals surface area contributed by atoms with Crippen molar-refractivity contribution >= 4 is 29.0 Å². The van der Waals surface area contributed by atoms with E-state index in [1.54, 1.807) is 0 Å². The van der Waals surface area contributed by atoms with E-state index in [9.17, 15) is 18.0 Å². The zero-order chi connectivity index (χ0) is 12.6. The quantitative estimate of drug-likeness (QED) is 0.782. The van der Waals surface area contributed by atoms with Crippen molar-refractivity contribution in [3.63, 3.8) is 0 Å². The molecule has 1 amide bonds. The van der Waals surface area contributed by atoms with Crippen LogP contribution in [-0.4, -0.2) is 35.1 Å². The molecule has 1 N–H and O–H groups in total. The molecule has 1 aromatic rings. The molecule has 1 aromatic heterocycles. The molecular formula is C8H6ClF3N4O. The number of halogens is 4. The zero-order valence-electron chi connectivity index (χ0n) is 8.25. The minimum atomic E-state index is -4.42. The van der Waals surface area contributed by atoms with Gasteiger partial charge in [-0.3, -0.25) is 4.79 Å². The van der Waals surface area contributed by atoms with E-state index < -0.39 is 25.2 Å². The predicted octanol–water partition coefficient (Wildman–Crippen LogP) is 1.45. The van der Waals surface area contributed by atoms with Gasteiger partial charge in [-0.1, -0.05) is 0 Å². The lowest BCUT2D eigenvalue weighted by molar-refractivity contribution is -0.122. The number of hydrogen-bond acceptors (Lipinski definition) is 4. The summed E-state index contributed by atoms with van der Waals surface area (Å²) in [7, 11) is 0. The van der Waals surface area contributed by atoms with Crippen molar-refractivity contribution in [1.82, 2.24) is 9.97 Å². The maximum absolute atomic E-state index is 12.3. The number of hydrogen-bond donors (Lipinski definition) is 1. The summed E-state index contributed by atoms with van der Waals surface area (Å²) in [6, 6.07) is 0. The molecule has 0 radical (unpaired) electrons. The Morgan fingerprint density at radius 1 is 1.53 bits per heavy atom. The van der Waals surface area contributed by atoms with Gasteiger partial charge in [0, 0.05) is 0 Å². The first kappa shape index (κ1) is 11.9. The summed E-state index contributed by atoms with van der Waals surface area (Å²) in [5, 5.41) is 2.20. The fourth-order valence-electron chi connectivity index (χ4n) is 1.47. The second kappa shape index (κ2) is 4.02. The van der Waals surface area contributed by atoms with Gasteiger partial charge in [-0.15, -0.1) is 0 Å². The second-order valence-electron chi connectivity index (χ2n) is 3.40. The van der Waals surface area contributed by atoms with Crippen LogP contribution in [0.1, 0.15) is 0 Å². The summed E-state index contributed by atoms with van der Waals surface area (Å²) in [4.78, 5) is 19.3. The molecule has 0 spiro atoms. The Morgan fingerprint density at radius 3 is 2.88 bits per heavy atom. The van der Waals surface area contributed by atoms with E-state index in [4.69, 9.17) is 11.6 Å². The highest BCUT2D eigenvalue weighted by Crippen LogP contribution is 2.29. The average Bonchev–Trinajstić information content (AvgIpc) is 2.16. The lowest BCUT2D eigenvalue weighted by atomic mass is 10.3. The van der Waals surface area contributed by atoms with Crippen LogP contribution in [0.3, 0.4) is 0 Å². The molecule has 0 aromatic carbocycles. The van der Waals surface area contributed by atoms with Crippen LogP contribution < -0.4 is 10.2 Å². The maximum atomic E-state index is 12.3. The van der Waals surface area contributed by atoms with Gasteiger partial charge >= 0.3 is 6.18 Å². The lowest BCUT2D eigenvalue weighted by Gasteiger charge is -2.29. The van der Waals surface area contributed by atoms with Crippen LogP contribution in [0.5, 0.6) is 0 Å². The normalized spacial score (nSPS) is 15.5. The first-order chi connectivity index (χ1) is 7.85. The smallest absolute Gasteiger partial charge is 0.336 e. The van der Waals surface area contributed by atoms with Crippen molar-refractivity contribution in [3.8, 4) is 0 Å². The monoisotopic (exact) mass is 266 g/mol. The number of carbonyl (C=O) groups excluding carboxylic acids is 1. The SMILES string of the molecule is O=C1CN(CC(F)(F)F)c2nc(Cl)ncc2N1. The van der Waals surface area contributed by atoms with Crippen LogP contribution in [0.2, 0.25) is 5.28 Å². The van der Waals surface area contributed by atoms with Crippen molar-refractivity contribution in [2.45, 2.75) is 6.18 Å². The fourth-order valence-corrected chi connectivity index (χ4v) is 1.60. The number of fused-ring (bicyclic) bond motifs is 1. The summed E-state index contributed by atoms with van der Waals surface area (Å²) in [6.07, 6.45) is -3.25. The first-order valence-electron chi connectivity index (χ1n) is 4.49. The third-order valence-corrected chi connectivity index (χ3v) is 2.20. The molecule has 9 heteroatoms. The van der Waals surface area contributed by atoms with E-state index in [-0.39, 0.29) is 16.8 Å². The largest absolute Gasteiger partial charge is 0.405 e. The third-order valence-electron chi connectivity index (χ3n) is 2.02. The van der Waals surface area contributed by atoms with E-state index in [1.165, 1.54) is 6.20 Å². The highest BCUT2D eigenvalue weighted by molar-refractivity contribution is 6.28. The minimum Gasteiger partial charge on any atom is -0.336 e. The number of anilines is 2. The molecule has 0 saturated carbocycles. The maximum Gasteiger partial charge on any atom is 0.405 e. The van der Waals surface area contributed by atoms with Crippen LogP contribution in [0.15, 0.2) is 6.20 Å². The summed E-state index contributed by atoms with van der Waals surface area (Å²) in [5.74, 6) is -0.574. The minimum absolute atomic E-state index is 0.0260. The summed E-state index contributed by atoms with van der Waals surface area (Å²) in [5.41, 5.74) is 0.120. The summed E-state index contributed by atoms with van der Waals surface area (Å²) in [6.45, 7) is -1.68. The van der Waals surface area contributed by atoms with E-state index >= 15 is 0 Å². The van der Waals surface area contributed by atoms with Gasteiger partial charge in [0.25, 0.3) is 0 Å². The van der Waals surface area contributed by atoms with Gasteiger partial charge in [-0.05, 0) is 11.6 Å². The molecule has 0 fully saturated rings. The number of alkyl halides is 3. The Hall–Kier alpha value is -1.57. The molecular weight excluding hydrogens is 261 g/mol. The van der Waals surface area contributed by atoms with Crippen molar-refractivity contribution < 1.29 is 18.0 Å². The number of carbonyl (C=O) groups is 1. The summed E-state index contributed by atoms with van der Waals surface area (Å²) >= 11 is 5.51. The predicted molar refractivity (Wildman–Crippen MR) is 53.9 cm³/mol. The lowest BCUT2D eigenvalue weighted by Crippen LogP contribution is -2.43. The second-order valence-corrected chi connectivity index (χ2v) is 3.73. The molecule has 2 rings (SSSR count). The van der Waals surface area contributed by atoms with E-state index in [2.05, 4.69) is 15.3 Å². The first-order valence-corrected chi connectivity index (χ1v) is 4.87. The Labute approximate surface area is 98.6 Å². The topological polar surface area (TPSA) is 58.1 Å². The fraction of sp³-hybridized carbons (Fsp3) is 0.375. The Bertz CT molecular complexity index is 465. The van der Waals surface area contributed by atoms with Gasteiger partial charge in [0.15, 0.2) is 5.82 Å². The number of nitrogens with one attached hydrogen (secondary N) is 1. The van der Waals surface area contributed by atoms with E-state index in [0.29, 0.717) is 0 Å². The Balaban J connectivity index is 2.36. The van der Waals surface area contributed by atoms with Crippen molar-refractivity contribution in [1.29, 1.82) is 0 Å². The van der Waals surface area contributed by atoms with Gasteiger partial charge in [-0.25, -0.2) is 4.98 Å². The molecule has 1 aliphatic heterocycles. The number of aromatic nitrogens is 2. The van der Waals surface area contributed by atoms with Crippen molar-refractivity contribution in [3.05, 3.63) is 11.5 Å². The standard InChI is InChI=1S/C8H6ClF3N4O/c9-7-13-1-4-6(15-7)16(2-5(17)14-4)3-8(10,11)12/h1H,2-3H2,(H,14,17). The van der Waals surface area contributed by atoms with Crippen molar-refractivity contribution in [2.24, 2.45) is 0 Å². The summed E-state index contributed by atoms with van der Waals surface area (Å²) < 4.78 is 36.9. The van der Waals surface area contributed by atoms with Gasteiger partial charge in [0.05, 0.1) is 12.7 Å². The van der Waals surface area contributed by atoms with Crippen LogP contribution >= 0.6 is 11.6 Å². The van der Waals surface area contributed by atoms with E-state index in [1.807, 2.05) is 0 Å². The molecule has 92 valence electrons. The highest BCUT2D eigenvalue weighted by Gasteiger charge is 2.35. The zero-order valence-corrected chi connectivity index (χ0v) is 9.01. The molecule has 0 atom stereocenters. The average molecular weight is 267 g/mol.